The fourth-order valence-corrected chi connectivity index (χ4v) is 5.71. The van der Waals surface area contributed by atoms with Crippen LogP contribution in [0, 0.1) is 11.3 Å². The summed E-state index contributed by atoms with van der Waals surface area (Å²) < 4.78 is 32.5. The van der Waals surface area contributed by atoms with Gasteiger partial charge in [0, 0.05) is 37.2 Å². The summed E-state index contributed by atoms with van der Waals surface area (Å²) in [6.45, 7) is 2.44. The number of methoxy groups -OCH3 is 1. The zero-order valence-corrected chi connectivity index (χ0v) is 15.3. The first-order valence-corrected chi connectivity index (χ1v) is 10.3. The number of fused-ring (bicyclic) bond motifs is 1. The van der Waals surface area contributed by atoms with Crippen LogP contribution in [-0.4, -0.2) is 56.6 Å². The van der Waals surface area contributed by atoms with Crippen molar-refractivity contribution in [1.82, 2.24) is 10.2 Å². The van der Waals surface area contributed by atoms with Gasteiger partial charge in [0.15, 0.2) is 0 Å². The van der Waals surface area contributed by atoms with Gasteiger partial charge in [0.1, 0.15) is 5.84 Å². The van der Waals surface area contributed by atoms with Gasteiger partial charge >= 0.3 is 0 Å². The van der Waals surface area contributed by atoms with Gasteiger partial charge in [-0.25, -0.2) is 8.42 Å². The summed E-state index contributed by atoms with van der Waals surface area (Å²) in [7, 11) is -1.63. The van der Waals surface area contributed by atoms with E-state index < -0.39 is 10.0 Å². The molecule has 0 radical (unpaired) electrons. The zero-order valence-electron chi connectivity index (χ0n) is 14.4. The molecule has 2 fully saturated rings. The molecule has 7 nitrogen and oxygen atoms in total. The quantitative estimate of drug-likeness (QED) is 0.799. The number of carbonyl (C=O) groups excluding carboxylic acids is 1. The van der Waals surface area contributed by atoms with Crippen LogP contribution >= 0.6 is 0 Å². The average Bonchev–Trinajstić information content (AvgIpc) is 2.53. The van der Waals surface area contributed by atoms with Crippen LogP contribution in [0.25, 0.3) is 0 Å². The van der Waals surface area contributed by atoms with Gasteiger partial charge in [-0.15, -0.1) is 4.40 Å². The van der Waals surface area contributed by atoms with Crippen molar-refractivity contribution in [1.29, 1.82) is 0 Å². The second-order valence-electron chi connectivity index (χ2n) is 7.40. The van der Waals surface area contributed by atoms with Crippen LogP contribution in [0.5, 0.6) is 0 Å². The largest absolute Gasteiger partial charge is 0.380 e. The third kappa shape index (κ3) is 2.54. The predicted molar refractivity (Wildman–Crippen MR) is 93.3 cm³/mol. The highest BCUT2D eigenvalue weighted by atomic mass is 32.2. The molecule has 4 aliphatic rings. The molecular weight excluding hydrogens is 342 g/mol. The van der Waals surface area contributed by atoms with E-state index in [9.17, 15) is 13.2 Å². The molecule has 0 aromatic rings. The Morgan fingerprint density at radius 3 is 2.80 bits per heavy atom. The molecule has 0 bridgehead atoms. The Labute approximate surface area is 147 Å². The molecule has 4 rings (SSSR count). The first kappa shape index (κ1) is 16.8. The molecule has 25 heavy (non-hydrogen) atoms. The van der Waals surface area contributed by atoms with E-state index in [1.165, 1.54) is 6.42 Å². The number of carbonyl (C=O) groups is 1. The fourth-order valence-electron chi connectivity index (χ4n) is 4.75. The lowest BCUT2D eigenvalue weighted by Crippen LogP contribution is -2.72. The maximum absolute atomic E-state index is 12.7. The smallest absolute Gasteiger partial charge is 0.256 e. The van der Waals surface area contributed by atoms with Crippen molar-refractivity contribution in [3.05, 3.63) is 23.9 Å². The van der Waals surface area contributed by atoms with E-state index in [1.807, 2.05) is 0 Å². The van der Waals surface area contributed by atoms with Crippen molar-refractivity contribution in [2.75, 3.05) is 19.4 Å². The van der Waals surface area contributed by atoms with E-state index >= 15 is 0 Å². The molecule has 136 valence electrons. The number of hydrogen-bond acceptors (Lipinski definition) is 5. The fraction of sp³-hybridized carbons (Fsp3) is 0.647. The van der Waals surface area contributed by atoms with E-state index in [0.717, 1.165) is 12.8 Å². The maximum atomic E-state index is 12.7. The normalized spacial score (nSPS) is 34.3. The van der Waals surface area contributed by atoms with E-state index in [4.69, 9.17) is 4.74 Å². The van der Waals surface area contributed by atoms with E-state index in [2.05, 4.69) is 16.6 Å². The maximum Gasteiger partial charge on any atom is 0.256 e. The summed E-state index contributed by atoms with van der Waals surface area (Å²) in [6, 6.07) is 0.129. The van der Waals surface area contributed by atoms with Crippen molar-refractivity contribution in [3.63, 3.8) is 0 Å². The van der Waals surface area contributed by atoms with Crippen molar-refractivity contribution in [2.24, 2.45) is 15.7 Å². The first-order chi connectivity index (χ1) is 11.9. The number of nitrogens with zero attached hydrogens (tertiary/aromatic N) is 2. The summed E-state index contributed by atoms with van der Waals surface area (Å²) in [5.41, 5.74) is 0.620. The van der Waals surface area contributed by atoms with Crippen LogP contribution in [0.1, 0.15) is 26.2 Å². The summed E-state index contributed by atoms with van der Waals surface area (Å²) in [5, 5.41) is 3.18. The van der Waals surface area contributed by atoms with Crippen LogP contribution in [-0.2, 0) is 19.6 Å². The Balaban J connectivity index is 1.48. The molecule has 2 saturated carbocycles. The number of sulfonamides is 1. The van der Waals surface area contributed by atoms with Crippen molar-refractivity contribution < 1.29 is 17.9 Å². The number of hydrogen-bond donors (Lipinski definition) is 1. The number of ether oxygens (including phenoxy) is 1. The standard InChI is InChI=1S/C17H23N3O4S/c1-11-14(17(6-3-7-17)15(11)24-2)18-16(21)12-4-5-13-19-25(22,23)9-8-20(13)10-12/h4-5,10-11,14-15H,3,6-9H2,1-2H3,(H,18,21)/t11-,14-,15+/m0/s1. The third-order valence-electron chi connectivity index (χ3n) is 6.10. The monoisotopic (exact) mass is 365 g/mol. The van der Waals surface area contributed by atoms with Gasteiger partial charge in [-0.1, -0.05) is 13.3 Å². The molecule has 1 amide bonds. The number of amides is 1. The van der Waals surface area contributed by atoms with Crippen molar-refractivity contribution in [2.45, 2.75) is 38.3 Å². The second kappa shape index (κ2) is 5.67. The van der Waals surface area contributed by atoms with Crippen molar-refractivity contribution >= 4 is 21.8 Å². The topological polar surface area (TPSA) is 88.1 Å². The molecule has 0 aromatic carbocycles. The molecule has 1 N–H and O–H groups in total. The number of amidine groups is 1. The lowest BCUT2D eigenvalue weighted by atomic mass is 9.46. The van der Waals surface area contributed by atoms with Crippen LogP contribution in [0.15, 0.2) is 28.3 Å². The Morgan fingerprint density at radius 1 is 1.40 bits per heavy atom. The first-order valence-electron chi connectivity index (χ1n) is 8.69. The van der Waals surface area contributed by atoms with Gasteiger partial charge < -0.3 is 15.0 Å². The molecule has 8 heteroatoms. The minimum absolute atomic E-state index is 0.0337. The lowest BCUT2D eigenvalue weighted by molar-refractivity contribution is -0.201. The second-order valence-corrected chi connectivity index (χ2v) is 9.15. The lowest BCUT2D eigenvalue weighted by Gasteiger charge is -2.64. The zero-order chi connectivity index (χ0) is 17.8. The van der Waals surface area contributed by atoms with Crippen LogP contribution in [0.2, 0.25) is 0 Å². The Hall–Kier alpha value is -1.67. The molecule has 0 aromatic heterocycles. The molecule has 3 atom stereocenters. The van der Waals surface area contributed by atoms with E-state index in [-0.39, 0.29) is 29.2 Å². The average molecular weight is 365 g/mol. The van der Waals surface area contributed by atoms with Crippen molar-refractivity contribution in [3.8, 4) is 0 Å². The molecule has 2 heterocycles. The van der Waals surface area contributed by atoms with Gasteiger partial charge in [-0.2, -0.15) is 0 Å². The molecule has 0 saturated heterocycles. The van der Waals surface area contributed by atoms with E-state index in [1.54, 1.807) is 30.4 Å². The predicted octanol–water partition coefficient (Wildman–Crippen LogP) is 0.804. The number of nitrogens with one attached hydrogen (secondary N) is 1. The highest BCUT2D eigenvalue weighted by molar-refractivity contribution is 7.90. The van der Waals surface area contributed by atoms with E-state index in [0.29, 0.717) is 23.9 Å². The highest BCUT2D eigenvalue weighted by Gasteiger charge is 2.63. The molecule has 2 aliphatic heterocycles. The Morgan fingerprint density at radius 2 is 2.16 bits per heavy atom. The Bertz CT molecular complexity index is 795. The van der Waals surface area contributed by atoms with Crippen LogP contribution in [0.3, 0.4) is 0 Å². The van der Waals surface area contributed by atoms with Crippen LogP contribution in [0.4, 0.5) is 0 Å². The summed E-state index contributed by atoms with van der Waals surface area (Å²) in [5.74, 6) is 0.504. The van der Waals surface area contributed by atoms with Gasteiger partial charge in [-0.3, -0.25) is 4.79 Å². The summed E-state index contributed by atoms with van der Waals surface area (Å²) in [4.78, 5) is 14.4. The van der Waals surface area contributed by atoms with Gasteiger partial charge in [0.2, 0.25) is 0 Å². The SMILES string of the molecule is CO[C@@H]1[C@@H](C)[C@H](NC(=O)C2=CN3CCS(=O)(=O)N=C3C=C2)C12CCC2. The Kier molecular flexibility index (Phi) is 3.81. The van der Waals surface area contributed by atoms with Gasteiger partial charge in [0.25, 0.3) is 15.9 Å². The summed E-state index contributed by atoms with van der Waals surface area (Å²) in [6.07, 6.45) is 8.50. The summed E-state index contributed by atoms with van der Waals surface area (Å²) >= 11 is 0. The molecule has 2 aliphatic carbocycles. The number of rotatable bonds is 3. The molecule has 0 unspecified atom stereocenters. The van der Waals surface area contributed by atoms with Crippen LogP contribution < -0.4 is 5.32 Å². The third-order valence-corrected chi connectivity index (χ3v) is 7.26. The molecular formula is C17H23N3O4S. The van der Waals surface area contributed by atoms with Gasteiger partial charge in [-0.05, 0) is 25.0 Å². The van der Waals surface area contributed by atoms with Gasteiger partial charge in [0.05, 0.1) is 17.4 Å². The minimum Gasteiger partial charge on any atom is -0.380 e. The molecule has 1 spiro atoms. The highest BCUT2D eigenvalue weighted by Crippen LogP contribution is 2.59. The minimum atomic E-state index is -3.38.